The Balaban J connectivity index is 2.53. The molecule has 0 radical (unpaired) electrons. The van der Waals surface area contributed by atoms with Crippen LogP contribution in [0, 0.1) is 11.3 Å². The van der Waals surface area contributed by atoms with E-state index in [9.17, 15) is 9.00 Å². The highest BCUT2D eigenvalue weighted by Gasteiger charge is 2.06. The molecule has 1 aromatic rings. The van der Waals surface area contributed by atoms with Gasteiger partial charge in [0.2, 0.25) is 0 Å². The number of hydrogen-bond donors (Lipinski definition) is 1. The fraction of sp³-hybridized carbons (Fsp3) is 0.300. The van der Waals surface area contributed by atoms with Crippen LogP contribution < -0.4 is 5.32 Å². The van der Waals surface area contributed by atoms with Crippen LogP contribution >= 0.6 is 0 Å². The third-order valence-corrected chi connectivity index (χ3v) is 2.58. The maximum Gasteiger partial charge on any atom is 0.269 e. The summed E-state index contributed by atoms with van der Waals surface area (Å²) in [6.45, 7) is 0.351. The van der Waals surface area contributed by atoms with E-state index in [1.165, 1.54) is 18.3 Å². The van der Waals surface area contributed by atoms with E-state index in [2.05, 4.69) is 10.3 Å². The Labute approximate surface area is 96.0 Å². The maximum atomic E-state index is 11.5. The van der Waals surface area contributed by atoms with Crippen molar-refractivity contribution in [3.8, 4) is 6.07 Å². The predicted octanol–water partition coefficient (Wildman–Crippen LogP) is 0.0616. The maximum absolute atomic E-state index is 11.5. The van der Waals surface area contributed by atoms with Crippen molar-refractivity contribution in [1.29, 1.82) is 5.26 Å². The van der Waals surface area contributed by atoms with Crippen LogP contribution in [0.3, 0.4) is 0 Å². The van der Waals surface area contributed by atoms with Gasteiger partial charge in [0.05, 0.1) is 5.56 Å². The lowest BCUT2D eigenvalue weighted by molar-refractivity contribution is 0.0951. The summed E-state index contributed by atoms with van der Waals surface area (Å²) in [6, 6.07) is 4.93. The second-order valence-electron chi connectivity index (χ2n) is 3.08. The number of carbonyl (C=O) groups excluding carboxylic acids is 1. The highest BCUT2D eigenvalue weighted by atomic mass is 32.2. The molecule has 0 aliphatic carbocycles. The SMILES string of the molecule is CS(=O)CCNC(=O)c1ccc(C#N)cn1. The summed E-state index contributed by atoms with van der Waals surface area (Å²) >= 11 is 0. The number of hydrogen-bond acceptors (Lipinski definition) is 4. The van der Waals surface area contributed by atoms with Gasteiger partial charge in [0, 0.05) is 35.5 Å². The van der Waals surface area contributed by atoms with Crippen LogP contribution in [0.2, 0.25) is 0 Å². The molecule has 1 atom stereocenters. The quantitative estimate of drug-likeness (QED) is 0.802. The van der Waals surface area contributed by atoms with Crippen LogP contribution in [0.15, 0.2) is 18.3 Å². The number of amides is 1. The summed E-state index contributed by atoms with van der Waals surface area (Å²) in [7, 11) is -0.922. The van der Waals surface area contributed by atoms with Crippen LogP contribution in [0.4, 0.5) is 0 Å². The van der Waals surface area contributed by atoms with E-state index in [1.54, 1.807) is 6.26 Å². The molecule has 16 heavy (non-hydrogen) atoms. The zero-order chi connectivity index (χ0) is 12.0. The molecule has 0 bridgehead atoms. The molecule has 0 saturated heterocycles. The van der Waals surface area contributed by atoms with Crippen LogP contribution in [-0.2, 0) is 10.8 Å². The third-order valence-electron chi connectivity index (χ3n) is 1.80. The first kappa shape index (κ1) is 12.3. The highest BCUT2D eigenvalue weighted by Crippen LogP contribution is 1.98. The summed E-state index contributed by atoms with van der Waals surface area (Å²) < 4.78 is 10.8. The van der Waals surface area contributed by atoms with Gasteiger partial charge in [-0.15, -0.1) is 0 Å². The molecule has 1 N–H and O–H groups in total. The molecule has 0 saturated carbocycles. The van der Waals surface area contributed by atoms with Crippen molar-refractivity contribution < 1.29 is 9.00 Å². The molecular weight excluding hydrogens is 226 g/mol. The number of nitriles is 1. The van der Waals surface area contributed by atoms with Crippen LogP contribution in [0.1, 0.15) is 16.1 Å². The number of carbonyl (C=O) groups is 1. The molecule has 1 rings (SSSR count). The number of nitrogens with zero attached hydrogens (tertiary/aromatic N) is 2. The van der Waals surface area contributed by atoms with Crippen molar-refractivity contribution >= 4 is 16.7 Å². The average molecular weight is 237 g/mol. The zero-order valence-corrected chi connectivity index (χ0v) is 9.58. The first-order valence-corrected chi connectivity index (χ1v) is 6.30. The number of pyridine rings is 1. The molecule has 1 unspecified atom stereocenters. The molecule has 0 fully saturated rings. The highest BCUT2D eigenvalue weighted by molar-refractivity contribution is 7.84. The molecule has 0 spiro atoms. The summed E-state index contributed by atoms with van der Waals surface area (Å²) in [5, 5.41) is 11.1. The van der Waals surface area contributed by atoms with E-state index in [-0.39, 0.29) is 11.6 Å². The average Bonchev–Trinajstić information content (AvgIpc) is 2.28. The van der Waals surface area contributed by atoms with Gasteiger partial charge in [-0.3, -0.25) is 9.00 Å². The minimum Gasteiger partial charge on any atom is -0.350 e. The fourth-order valence-electron chi connectivity index (χ4n) is 0.993. The minimum absolute atomic E-state index is 0.251. The summed E-state index contributed by atoms with van der Waals surface area (Å²) in [6.07, 6.45) is 2.92. The Bertz CT molecular complexity index is 436. The van der Waals surface area contributed by atoms with Crippen molar-refractivity contribution in [2.45, 2.75) is 0 Å². The van der Waals surface area contributed by atoms with Gasteiger partial charge in [-0.05, 0) is 12.1 Å². The molecule has 0 aromatic carbocycles. The molecule has 0 aliphatic rings. The zero-order valence-electron chi connectivity index (χ0n) is 8.77. The lowest BCUT2D eigenvalue weighted by Crippen LogP contribution is -2.28. The minimum atomic E-state index is -0.922. The summed E-state index contributed by atoms with van der Waals surface area (Å²) in [4.78, 5) is 15.3. The monoisotopic (exact) mass is 237 g/mol. The standard InChI is InChI=1S/C10H11N3O2S/c1-16(15)5-4-12-10(14)9-3-2-8(6-11)7-13-9/h2-3,7H,4-5H2,1H3,(H,12,14). The Hall–Kier alpha value is -1.74. The first-order valence-electron chi connectivity index (χ1n) is 4.58. The predicted molar refractivity (Wildman–Crippen MR) is 60.2 cm³/mol. The molecule has 1 heterocycles. The molecule has 0 aliphatic heterocycles. The van der Waals surface area contributed by atoms with Crippen molar-refractivity contribution in [2.75, 3.05) is 18.6 Å². The van der Waals surface area contributed by atoms with E-state index in [0.29, 0.717) is 17.9 Å². The first-order chi connectivity index (χ1) is 7.63. The Morgan fingerprint density at radius 1 is 1.62 bits per heavy atom. The third kappa shape index (κ3) is 3.79. The molecule has 6 heteroatoms. The van der Waals surface area contributed by atoms with Gasteiger partial charge < -0.3 is 5.32 Å². The second kappa shape index (κ2) is 5.98. The van der Waals surface area contributed by atoms with Crippen LogP contribution in [0.5, 0.6) is 0 Å². The van der Waals surface area contributed by atoms with Gasteiger partial charge in [0.1, 0.15) is 11.8 Å². The number of aromatic nitrogens is 1. The van der Waals surface area contributed by atoms with E-state index >= 15 is 0 Å². The molecule has 5 nitrogen and oxygen atoms in total. The van der Waals surface area contributed by atoms with E-state index < -0.39 is 10.8 Å². The number of nitrogens with one attached hydrogen (secondary N) is 1. The lowest BCUT2D eigenvalue weighted by atomic mass is 10.2. The second-order valence-corrected chi connectivity index (χ2v) is 4.63. The molecule has 84 valence electrons. The normalized spacial score (nSPS) is 11.5. The largest absolute Gasteiger partial charge is 0.350 e. The van der Waals surface area contributed by atoms with E-state index in [0.717, 1.165) is 0 Å². The van der Waals surface area contributed by atoms with E-state index in [4.69, 9.17) is 5.26 Å². The van der Waals surface area contributed by atoms with Gasteiger partial charge in [0.25, 0.3) is 5.91 Å². The van der Waals surface area contributed by atoms with Gasteiger partial charge in [0.15, 0.2) is 0 Å². The Morgan fingerprint density at radius 3 is 2.88 bits per heavy atom. The Morgan fingerprint density at radius 2 is 2.38 bits per heavy atom. The molecule has 1 aromatic heterocycles. The molecule has 1 amide bonds. The van der Waals surface area contributed by atoms with E-state index in [1.807, 2.05) is 6.07 Å². The smallest absolute Gasteiger partial charge is 0.269 e. The van der Waals surface area contributed by atoms with Crippen LogP contribution in [0.25, 0.3) is 0 Å². The van der Waals surface area contributed by atoms with Gasteiger partial charge in [-0.2, -0.15) is 5.26 Å². The van der Waals surface area contributed by atoms with Gasteiger partial charge >= 0.3 is 0 Å². The molecular formula is C10H11N3O2S. The topological polar surface area (TPSA) is 82.9 Å². The van der Waals surface area contributed by atoms with Gasteiger partial charge in [-0.25, -0.2) is 4.98 Å². The van der Waals surface area contributed by atoms with Crippen molar-refractivity contribution in [2.24, 2.45) is 0 Å². The van der Waals surface area contributed by atoms with Crippen molar-refractivity contribution in [3.05, 3.63) is 29.6 Å². The fourth-order valence-corrected chi connectivity index (χ4v) is 1.38. The van der Waals surface area contributed by atoms with Crippen molar-refractivity contribution in [3.63, 3.8) is 0 Å². The summed E-state index contributed by atoms with van der Waals surface area (Å²) in [5.41, 5.74) is 0.659. The number of rotatable bonds is 4. The van der Waals surface area contributed by atoms with Crippen molar-refractivity contribution in [1.82, 2.24) is 10.3 Å². The lowest BCUT2D eigenvalue weighted by Gasteiger charge is -2.02. The summed E-state index contributed by atoms with van der Waals surface area (Å²) in [5.74, 6) is 0.0945. The Kier molecular flexibility index (Phi) is 4.61. The van der Waals surface area contributed by atoms with Gasteiger partial charge in [-0.1, -0.05) is 0 Å². The van der Waals surface area contributed by atoms with Crippen LogP contribution in [-0.4, -0.2) is 33.7 Å².